The average Bonchev–Trinajstić information content (AvgIpc) is 3.81. The van der Waals surface area contributed by atoms with Crippen molar-refractivity contribution in [3.05, 3.63) is 170 Å². The van der Waals surface area contributed by atoms with Gasteiger partial charge >= 0.3 is 0 Å². The average molecular weight is 625 g/mol. The quantitative estimate of drug-likeness (QED) is 0.192. The summed E-state index contributed by atoms with van der Waals surface area (Å²) in [4.78, 5) is 0. The second-order valence-corrected chi connectivity index (χ2v) is 12.9. The summed E-state index contributed by atoms with van der Waals surface area (Å²) in [6, 6.07) is 61.3. The predicted octanol–water partition coefficient (Wildman–Crippen LogP) is 12.6. The van der Waals surface area contributed by atoms with Crippen molar-refractivity contribution in [2.75, 3.05) is 0 Å². The Morgan fingerprint density at radius 1 is 0.367 bits per heavy atom. The molecule has 0 aliphatic carbocycles. The Morgan fingerprint density at radius 2 is 0.959 bits per heavy atom. The topological polar surface area (TPSA) is 23.0 Å². The van der Waals surface area contributed by atoms with Gasteiger partial charge in [0.25, 0.3) is 0 Å². The first kappa shape index (κ1) is 26.5. The van der Waals surface area contributed by atoms with Crippen LogP contribution in [0.1, 0.15) is 0 Å². The largest absolute Gasteiger partial charge is 0.455 e. The Hall–Kier alpha value is -6.58. The minimum absolute atomic E-state index is 0.916. The second-order valence-electron chi connectivity index (χ2n) is 12.9. The summed E-state index contributed by atoms with van der Waals surface area (Å²) >= 11 is 0. The van der Waals surface area contributed by atoms with E-state index in [1.807, 2.05) is 12.1 Å². The lowest BCUT2D eigenvalue weighted by molar-refractivity contribution is 0.670. The maximum atomic E-state index is 6.39. The van der Waals surface area contributed by atoms with E-state index in [9.17, 15) is 0 Å². The summed E-state index contributed by atoms with van der Waals surface area (Å²) in [5.74, 6) is 0. The van der Waals surface area contributed by atoms with E-state index in [0.29, 0.717) is 0 Å². The van der Waals surface area contributed by atoms with Crippen LogP contribution in [-0.2, 0) is 0 Å². The van der Waals surface area contributed by atoms with Gasteiger partial charge in [-0.05, 0) is 59.5 Å². The number of hydrogen-bond acceptors (Lipinski definition) is 1. The van der Waals surface area contributed by atoms with Crippen LogP contribution in [0.4, 0.5) is 0 Å². The van der Waals surface area contributed by atoms with E-state index >= 15 is 0 Å². The zero-order valence-electron chi connectivity index (χ0n) is 26.5. The number of fused-ring (bicyclic) bond motifs is 10. The molecule has 11 rings (SSSR count). The zero-order chi connectivity index (χ0) is 32.1. The van der Waals surface area contributed by atoms with Gasteiger partial charge in [-0.3, -0.25) is 0 Å². The first-order valence-electron chi connectivity index (χ1n) is 16.8. The van der Waals surface area contributed by atoms with Crippen LogP contribution >= 0.6 is 0 Å². The van der Waals surface area contributed by atoms with Crippen LogP contribution < -0.4 is 0 Å². The Kier molecular flexibility index (Phi) is 5.38. The summed E-state index contributed by atoms with van der Waals surface area (Å²) in [6.45, 7) is 0. The van der Waals surface area contributed by atoms with Gasteiger partial charge in [-0.25, -0.2) is 0 Å². The van der Waals surface area contributed by atoms with Crippen molar-refractivity contribution < 1.29 is 4.42 Å². The fraction of sp³-hybridized carbons (Fsp3) is 0. The molecule has 0 aliphatic heterocycles. The van der Waals surface area contributed by atoms with Crippen LogP contribution in [0.25, 0.3) is 98.8 Å². The van der Waals surface area contributed by atoms with E-state index in [2.05, 4.69) is 167 Å². The molecular formula is C46H28N2O. The maximum Gasteiger partial charge on any atom is 0.143 e. The van der Waals surface area contributed by atoms with Crippen LogP contribution in [-0.4, -0.2) is 9.13 Å². The number of furan rings is 1. The van der Waals surface area contributed by atoms with Gasteiger partial charge in [-0.1, -0.05) is 121 Å². The minimum Gasteiger partial charge on any atom is -0.455 e. The van der Waals surface area contributed by atoms with Crippen LogP contribution in [0, 0.1) is 0 Å². The smallest absolute Gasteiger partial charge is 0.143 e. The third-order valence-electron chi connectivity index (χ3n) is 10.3. The van der Waals surface area contributed by atoms with Crippen molar-refractivity contribution in [3.63, 3.8) is 0 Å². The molecule has 3 heteroatoms. The molecule has 0 N–H and O–H groups in total. The van der Waals surface area contributed by atoms with E-state index in [4.69, 9.17) is 4.42 Å². The highest BCUT2D eigenvalue weighted by Crippen LogP contribution is 2.41. The van der Waals surface area contributed by atoms with Gasteiger partial charge in [0, 0.05) is 49.0 Å². The minimum atomic E-state index is 0.916. The third kappa shape index (κ3) is 3.73. The van der Waals surface area contributed by atoms with Gasteiger partial charge in [-0.2, -0.15) is 0 Å². The molecule has 0 saturated carbocycles. The second kappa shape index (κ2) is 9.96. The summed E-state index contributed by atoms with van der Waals surface area (Å²) in [5.41, 5.74) is 11.2. The number of aromatic nitrogens is 2. The Bertz CT molecular complexity index is 3090. The van der Waals surface area contributed by atoms with E-state index < -0.39 is 0 Å². The Labute approximate surface area is 281 Å². The van der Waals surface area contributed by atoms with Crippen LogP contribution in [0.2, 0.25) is 0 Å². The fourth-order valence-corrected chi connectivity index (χ4v) is 8.14. The van der Waals surface area contributed by atoms with E-state index in [1.54, 1.807) is 0 Å². The number of nitrogens with zero attached hydrogens (tertiary/aromatic N) is 2. The van der Waals surface area contributed by atoms with Crippen molar-refractivity contribution in [1.82, 2.24) is 9.13 Å². The summed E-state index contributed by atoms with van der Waals surface area (Å²) in [5, 5.41) is 9.78. The van der Waals surface area contributed by atoms with Gasteiger partial charge in [0.1, 0.15) is 11.2 Å². The molecule has 0 unspecified atom stereocenters. The van der Waals surface area contributed by atoms with Crippen molar-refractivity contribution in [2.45, 2.75) is 0 Å². The SMILES string of the molecule is c1ccc2c(-n3c4ccccc4c4cc5c6ccccc6n(-c6ccc(-c7cccc8c7oc7ccccc78)cc6)c5cc43)cccc2c1. The van der Waals surface area contributed by atoms with Crippen molar-refractivity contribution in [1.29, 1.82) is 0 Å². The molecule has 0 aliphatic rings. The van der Waals surface area contributed by atoms with E-state index in [-0.39, 0.29) is 0 Å². The molecule has 0 atom stereocenters. The lowest BCUT2D eigenvalue weighted by Gasteiger charge is -2.13. The van der Waals surface area contributed by atoms with Crippen LogP contribution in [0.15, 0.2) is 174 Å². The van der Waals surface area contributed by atoms with E-state index in [1.165, 1.54) is 60.1 Å². The zero-order valence-corrected chi connectivity index (χ0v) is 26.5. The van der Waals surface area contributed by atoms with Gasteiger partial charge in [0.2, 0.25) is 0 Å². The summed E-state index contributed by atoms with van der Waals surface area (Å²) in [7, 11) is 0. The van der Waals surface area contributed by atoms with E-state index in [0.717, 1.165) is 38.8 Å². The molecule has 0 bridgehead atoms. The molecule has 8 aromatic carbocycles. The molecule has 0 radical (unpaired) electrons. The van der Waals surface area contributed by atoms with Gasteiger partial charge in [0.15, 0.2) is 0 Å². The lowest BCUT2D eigenvalue weighted by atomic mass is 10.0. The normalized spacial score (nSPS) is 12.1. The molecule has 11 aromatic rings. The van der Waals surface area contributed by atoms with Crippen molar-refractivity contribution in [2.24, 2.45) is 0 Å². The Morgan fingerprint density at radius 3 is 1.76 bits per heavy atom. The summed E-state index contributed by atoms with van der Waals surface area (Å²) < 4.78 is 11.3. The molecule has 0 amide bonds. The number of benzene rings is 8. The predicted molar refractivity (Wildman–Crippen MR) is 205 cm³/mol. The third-order valence-corrected chi connectivity index (χ3v) is 10.3. The molecular weight excluding hydrogens is 597 g/mol. The highest BCUT2D eigenvalue weighted by molar-refractivity contribution is 6.19. The Balaban J connectivity index is 1.17. The van der Waals surface area contributed by atoms with Crippen molar-refractivity contribution in [3.8, 4) is 22.5 Å². The first-order valence-corrected chi connectivity index (χ1v) is 16.8. The highest BCUT2D eigenvalue weighted by Gasteiger charge is 2.19. The standard InChI is InChI=1S/C46H28N2O/c1-2-13-32-29(11-1)12-9-21-40(32)48-42-20-7-4-15-35(42)39-27-38-34-14-3-6-19-41(34)47(43(38)28-44(39)48)31-25-23-30(24-26-31)33-17-10-18-37-36-16-5-8-22-45(36)49-46(33)37/h1-28H. The first-order chi connectivity index (χ1) is 24.3. The van der Waals surface area contributed by atoms with Gasteiger partial charge in [0.05, 0.1) is 27.8 Å². The molecule has 228 valence electrons. The lowest BCUT2D eigenvalue weighted by Crippen LogP contribution is -1.96. The molecule has 3 nitrogen and oxygen atoms in total. The molecule has 0 saturated heterocycles. The van der Waals surface area contributed by atoms with Crippen LogP contribution in [0.5, 0.6) is 0 Å². The van der Waals surface area contributed by atoms with Gasteiger partial charge in [-0.15, -0.1) is 0 Å². The molecule has 3 aromatic heterocycles. The highest BCUT2D eigenvalue weighted by atomic mass is 16.3. The number of para-hydroxylation sites is 4. The van der Waals surface area contributed by atoms with Gasteiger partial charge < -0.3 is 13.6 Å². The fourth-order valence-electron chi connectivity index (χ4n) is 8.14. The maximum absolute atomic E-state index is 6.39. The van der Waals surface area contributed by atoms with Crippen LogP contribution in [0.3, 0.4) is 0 Å². The molecule has 49 heavy (non-hydrogen) atoms. The monoisotopic (exact) mass is 624 g/mol. The number of hydrogen-bond donors (Lipinski definition) is 0. The molecule has 0 spiro atoms. The molecule has 0 fully saturated rings. The van der Waals surface area contributed by atoms with Crippen molar-refractivity contribution >= 4 is 76.3 Å². The summed E-state index contributed by atoms with van der Waals surface area (Å²) in [6.07, 6.45) is 0. The number of rotatable bonds is 3. The molecule has 3 heterocycles.